The van der Waals surface area contributed by atoms with Gasteiger partial charge in [-0.2, -0.15) is 0 Å². The third kappa shape index (κ3) is 3.34. The van der Waals surface area contributed by atoms with E-state index in [0.717, 1.165) is 18.4 Å². The summed E-state index contributed by atoms with van der Waals surface area (Å²) in [7, 11) is 4.00. The van der Waals surface area contributed by atoms with Crippen LogP contribution in [-0.2, 0) is 0 Å². The number of rotatable bonds is 5. The van der Waals surface area contributed by atoms with Crippen molar-refractivity contribution in [1.29, 1.82) is 0 Å². The number of carbonyl (C=O) groups excluding carboxylic acids is 1. The van der Waals surface area contributed by atoms with E-state index in [-0.39, 0.29) is 11.3 Å². The van der Waals surface area contributed by atoms with Gasteiger partial charge < -0.3 is 14.6 Å². The number of nitrogens with one attached hydrogen (secondary N) is 1. The Morgan fingerprint density at radius 1 is 1.11 bits per heavy atom. The lowest BCUT2D eigenvalue weighted by atomic mass is 10.0. The molecule has 6 heteroatoms. The minimum absolute atomic E-state index is 0.109. The minimum Gasteiger partial charge on any atom is -0.453 e. The molecule has 1 heterocycles. The van der Waals surface area contributed by atoms with Crippen LogP contribution in [0.4, 0.5) is 0 Å². The Kier molecular flexibility index (Phi) is 4.79. The molecule has 0 aromatic heterocycles. The maximum absolute atomic E-state index is 12.7. The molecule has 2 aliphatic rings. The summed E-state index contributed by atoms with van der Waals surface area (Å²) in [6.07, 6.45) is 0.862. The molecular formula is C22H21N3O3. The van der Waals surface area contributed by atoms with Crippen molar-refractivity contribution in [3.05, 3.63) is 64.3 Å². The van der Waals surface area contributed by atoms with Gasteiger partial charge in [-0.05, 0) is 39.2 Å². The molecular weight excluding hydrogens is 354 g/mol. The number of benzene rings is 3. The second kappa shape index (κ2) is 7.40. The Morgan fingerprint density at radius 2 is 1.89 bits per heavy atom. The fourth-order valence-electron chi connectivity index (χ4n) is 3.32. The van der Waals surface area contributed by atoms with E-state index in [0.29, 0.717) is 40.0 Å². The molecule has 0 saturated carbocycles. The maximum Gasteiger partial charge on any atom is 0.253 e. The number of hydrogen-bond donors (Lipinski definition) is 1. The Morgan fingerprint density at radius 3 is 2.68 bits per heavy atom. The second-order valence-corrected chi connectivity index (χ2v) is 7.05. The van der Waals surface area contributed by atoms with Gasteiger partial charge >= 0.3 is 0 Å². The Balaban J connectivity index is 1.80. The summed E-state index contributed by atoms with van der Waals surface area (Å²) in [5, 5.41) is 4.25. The highest BCUT2D eigenvalue weighted by Gasteiger charge is 2.18. The summed E-state index contributed by atoms with van der Waals surface area (Å²) in [5.74, 6) is 0.232. The molecule has 0 saturated heterocycles. The highest BCUT2D eigenvalue weighted by atomic mass is 16.3. The molecule has 0 unspecified atom stereocenters. The number of nitrogens with zero attached hydrogens (tertiary/aromatic N) is 2. The molecule has 2 aromatic carbocycles. The number of carbonyl (C=O) groups is 1. The molecule has 4 rings (SSSR count). The molecule has 0 atom stereocenters. The van der Waals surface area contributed by atoms with Gasteiger partial charge in [0.2, 0.25) is 0 Å². The van der Waals surface area contributed by atoms with Gasteiger partial charge in [-0.3, -0.25) is 9.59 Å². The van der Waals surface area contributed by atoms with E-state index >= 15 is 0 Å². The van der Waals surface area contributed by atoms with E-state index in [4.69, 9.17) is 9.40 Å². The maximum atomic E-state index is 12.7. The van der Waals surface area contributed by atoms with E-state index in [1.165, 1.54) is 6.07 Å². The lowest BCUT2D eigenvalue weighted by Crippen LogP contribution is -2.27. The van der Waals surface area contributed by atoms with Gasteiger partial charge in [0.1, 0.15) is 11.2 Å². The molecule has 2 aromatic rings. The van der Waals surface area contributed by atoms with E-state index < -0.39 is 0 Å². The van der Waals surface area contributed by atoms with Gasteiger partial charge in [0.05, 0.1) is 5.56 Å². The Bertz CT molecular complexity index is 1200. The van der Waals surface area contributed by atoms with Crippen molar-refractivity contribution in [2.45, 2.75) is 6.42 Å². The molecule has 0 bridgehead atoms. The van der Waals surface area contributed by atoms with Crippen molar-refractivity contribution in [3.63, 3.8) is 0 Å². The van der Waals surface area contributed by atoms with Crippen molar-refractivity contribution in [2.24, 2.45) is 0 Å². The van der Waals surface area contributed by atoms with Crippen LogP contribution < -0.4 is 10.7 Å². The van der Waals surface area contributed by atoms with Crippen LogP contribution in [0.15, 0.2) is 57.7 Å². The van der Waals surface area contributed by atoms with Crippen molar-refractivity contribution in [3.8, 4) is 11.5 Å². The number of hydrogen-bond acceptors (Lipinski definition) is 5. The van der Waals surface area contributed by atoms with E-state index in [1.54, 1.807) is 24.3 Å². The highest BCUT2D eigenvalue weighted by molar-refractivity contribution is 6.05. The quantitative estimate of drug-likeness (QED) is 0.329. The van der Waals surface area contributed by atoms with Gasteiger partial charge in [-0.15, -0.1) is 0 Å². The largest absolute Gasteiger partial charge is 0.453 e. The molecule has 1 N–H and O–H groups in total. The molecule has 1 aliphatic heterocycles. The zero-order chi connectivity index (χ0) is 19.7. The highest BCUT2D eigenvalue weighted by Crippen LogP contribution is 2.31. The summed E-state index contributed by atoms with van der Waals surface area (Å²) < 4.78 is 5.93. The average Bonchev–Trinajstić information content (AvgIpc) is 2.69. The van der Waals surface area contributed by atoms with Crippen molar-refractivity contribution in [2.75, 3.05) is 27.2 Å². The molecule has 0 spiro atoms. The number of amides is 1. The molecule has 0 fully saturated rings. The first-order valence-corrected chi connectivity index (χ1v) is 9.23. The van der Waals surface area contributed by atoms with Crippen molar-refractivity contribution >= 4 is 27.8 Å². The summed E-state index contributed by atoms with van der Waals surface area (Å²) >= 11 is 0. The smallest absolute Gasteiger partial charge is 0.253 e. The standard InChI is InChI=1S/C22H21N3O3/c1-25(2)12-6-11-23-22(27)16-9-5-10-18-21(16)24-20-15-8-4-3-7-14(15)17(26)13-19(20)28-18/h3-5,7-10,13H,6,11-12H2,1-2H3,(H,23,27). The first kappa shape index (κ1) is 18.1. The van der Waals surface area contributed by atoms with Crippen LogP contribution in [0, 0.1) is 0 Å². The second-order valence-electron chi connectivity index (χ2n) is 7.05. The monoisotopic (exact) mass is 375 g/mol. The van der Waals surface area contributed by atoms with Crippen molar-refractivity contribution < 1.29 is 9.21 Å². The summed E-state index contributed by atoms with van der Waals surface area (Å²) in [6.45, 7) is 1.48. The minimum atomic E-state index is -0.184. The van der Waals surface area contributed by atoms with Crippen LogP contribution in [-0.4, -0.2) is 43.0 Å². The van der Waals surface area contributed by atoms with Gasteiger partial charge in [0.25, 0.3) is 5.91 Å². The van der Waals surface area contributed by atoms with E-state index in [2.05, 4.69) is 10.2 Å². The fourth-order valence-corrected chi connectivity index (χ4v) is 3.32. The molecule has 0 radical (unpaired) electrons. The van der Waals surface area contributed by atoms with Crippen LogP contribution >= 0.6 is 0 Å². The molecule has 142 valence electrons. The predicted molar refractivity (Wildman–Crippen MR) is 110 cm³/mol. The normalized spacial score (nSPS) is 11.5. The Hall–Kier alpha value is -3.25. The average molecular weight is 375 g/mol. The van der Waals surface area contributed by atoms with E-state index in [1.807, 2.05) is 32.3 Å². The number of fused-ring (bicyclic) bond motifs is 4. The van der Waals surface area contributed by atoms with Gasteiger partial charge in [0.15, 0.2) is 16.8 Å². The van der Waals surface area contributed by atoms with Crippen LogP contribution in [0.5, 0.6) is 0 Å². The Labute approximate surface area is 162 Å². The SMILES string of the molecule is CN(C)CCCNC(=O)c1cccc2oc3cc(=O)c4ccccc4c-3nc12. The summed E-state index contributed by atoms with van der Waals surface area (Å²) in [4.78, 5) is 31.8. The number of aromatic nitrogens is 1. The zero-order valence-corrected chi connectivity index (χ0v) is 15.9. The third-order valence-corrected chi connectivity index (χ3v) is 4.70. The van der Waals surface area contributed by atoms with Crippen molar-refractivity contribution in [1.82, 2.24) is 15.2 Å². The predicted octanol–water partition coefficient (Wildman–Crippen LogP) is 3.13. The summed E-state index contributed by atoms with van der Waals surface area (Å²) in [6, 6.07) is 14.0. The van der Waals surface area contributed by atoms with Gasteiger partial charge in [0, 0.05) is 23.4 Å². The van der Waals surface area contributed by atoms with Crippen LogP contribution in [0.1, 0.15) is 16.8 Å². The first-order chi connectivity index (χ1) is 13.5. The third-order valence-electron chi connectivity index (χ3n) is 4.70. The van der Waals surface area contributed by atoms with Gasteiger partial charge in [-0.25, -0.2) is 4.98 Å². The van der Waals surface area contributed by atoms with Crippen LogP contribution in [0.2, 0.25) is 0 Å². The molecule has 6 nitrogen and oxygen atoms in total. The molecule has 28 heavy (non-hydrogen) atoms. The topological polar surface area (TPSA) is 75.4 Å². The number of para-hydroxylation sites is 1. The van der Waals surface area contributed by atoms with Gasteiger partial charge in [-0.1, -0.05) is 30.3 Å². The van der Waals surface area contributed by atoms with Crippen LogP contribution in [0.3, 0.4) is 0 Å². The van der Waals surface area contributed by atoms with E-state index in [9.17, 15) is 9.59 Å². The zero-order valence-electron chi connectivity index (χ0n) is 15.9. The lowest BCUT2D eigenvalue weighted by Gasteiger charge is -2.12. The fraction of sp³-hybridized carbons (Fsp3) is 0.227. The lowest BCUT2D eigenvalue weighted by molar-refractivity contribution is 0.0953. The first-order valence-electron chi connectivity index (χ1n) is 9.23. The molecule has 1 amide bonds. The summed E-state index contributed by atoms with van der Waals surface area (Å²) in [5.41, 5.74) is 1.90. The molecule has 1 aliphatic carbocycles. The van der Waals surface area contributed by atoms with Crippen LogP contribution in [0.25, 0.3) is 33.3 Å².